The Bertz CT molecular complexity index is 959. The van der Waals surface area contributed by atoms with Crippen molar-refractivity contribution in [2.75, 3.05) is 25.0 Å². The van der Waals surface area contributed by atoms with Crippen molar-refractivity contribution in [3.63, 3.8) is 0 Å². The van der Waals surface area contributed by atoms with Crippen molar-refractivity contribution >= 4 is 28.9 Å². The molecule has 10 heteroatoms. The molecule has 0 radical (unpaired) electrons. The smallest absolute Gasteiger partial charge is 0.366 e. The number of nitrogens with zero attached hydrogens (tertiary/aromatic N) is 3. The van der Waals surface area contributed by atoms with E-state index in [1.54, 1.807) is 29.0 Å². The first kappa shape index (κ1) is 22.9. The van der Waals surface area contributed by atoms with Crippen molar-refractivity contribution in [2.24, 2.45) is 5.92 Å². The van der Waals surface area contributed by atoms with Gasteiger partial charge in [0, 0.05) is 43.7 Å². The number of benzene rings is 2. The summed E-state index contributed by atoms with van der Waals surface area (Å²) in [5.41, 5.74) is -0.562. The zero-order chi connectivity index (χ0) is 22.8. The molecule has 1 heterocycles. The van der Waals surface area contributed by atoms with Crippen LogP contribution < -0.4 is 4.90 Å². The summed E-state index contributed by atoms with van der Waals surface area (Å²) in [4.78, 5) is 26.6. The number of carbonyl (C=O) groups excluding carboxylic acids is 1. The Labute approximate surface area is 182 Å². The van der Waals surface area contributed by atoms with Crippen molar-refractivity contribution in [1.82, 2.24) is 4.90 Å². The molecule has 0 N–H and O–H groups in total. The summed E-state index contributed by atoms with van der Waals surface area (Å²) in [5, 5.41) is 12.0. The second-order valence-electron chi connectivity index (χ2n) is 7.54. The first-order valence-electron chi connectivity index (χ1n) is 9.66. The lowest BCUT2D eigenvalue weighted by atomic mass is 9.94. The van der Waals surface area contributed by atoms with E-state index in [1.165, 1.54) is 0 Å². The first-order valence-corrected chi connectivity index (χ1v) is 10.0. The topological polar surface area (TPSA) is 66.7 Å². The van der Waals surface area contributed by atoms with Gasteiger partial charge >= 0.3 is 6.18 Å². The molecule has 1 amide bonds. The Hall–Kier alpha value is -2.81. The van der Waals surface area contributed by atoms with Gasteiger partial charge in [-0.25, -0.2) is 0 Å². The van der Waals surface area contributed by atoms with Crippen LogP contribution in [0.25, 0.3) is 0 Å². The van der Waals surface area contributed by atoms with Crippen LogP contribution in [0.2, 0.25) is 5.02 Å². The van der Waals surface area contributed by atoms with Gasteiger partial charge in [-0.3, -0.25) is 14.9 Å². The molecular formula is C21H21ClF3N3O3. The van der Waals surface area contributed by atoms with Crippen LogP contribution in [0.1, 0.15) is 24.0 Å². The Balaban J connectivity index is 1.65. The van der Waals surface area contributed by atoms with Crippen molar-refractivity contribution < 1.29 is 22.9 Å². The fourth-order valence-corrected chi connectivity index (χ4v) is 3.86. The third-order valence-electron chi connectivity index (χ3n) is 5.39. The molecule has 0 saturated carbocycles. The van der Waals surface area contributed by atoms with Crippen LogP contribution >= 0.6 is 11.6 Å². The molecule has 0 spiro atoms. The summed E-state index contributed by atoms with van der Waals surface area (Å²) in [6.45, 7) is 1.12. The number of anilines is 1. The molecule has 1 aliphatic rings. The number of amides is 1. The maximum absolute atomic E-state index is 12.9. The van der Waals surface area contributed by atoms with E-state index in [2.05, 4.69) is 0 Å². The summed E-state index contributed by atoms with van der Waals surface area (Å²) in [6, 6.07) is 9.74. The van der Waals surface area contributed by atoms with E-state index in [-0.39, 0.29) is 17.5 Å². The fourth-order valence-electron chi connectivity index (χ4n) is 3.73. The average Bonchev–Trinajstić information content (AvgIpc) is 2.73. The first-order chi connectivity index (χ1) is 14.6. The predicted octanol–water partition coefficient (Wildman–Crippen LogP) is 5.14. The Morgan fingerprint density at radius 2 is 1.81 bits per heavy atom. The molecule has 166 valence electrons. The molecular weight excluding hydrogens is 435 g/mol. The van der Waals surface area contributed by atoms with Gasteiger partial charge in [0.15, 0.2) is 0 Å². The summed E-state index contributed by atoms with van der Waals surface area (Å²) in [6.07, 6.45) is -3.73. The van der Waals surface area contributed by atoms with E-state index in [0.717, 1.165) is 17.7 Å². The van der Waals surface area contributed by atoms with Gasteiger partial charge in [0.2, 0.25) is 5.91 Å². The number of rotatable bonds is 5. The zero-order valence-corrected chi connectivity index (χ0v) is 17.5. The minimum Gasteiger partial charge on any atom is -0.366 e. The lowest BCUT2D eigenvalue weighted by Crippen LogP contribution is -2.41. The molecule has 0 bridgehead atoms. The maximum atomic E-state index is 12.9. The number of halogens is 4. The van der Waals surface area contributed by atoms with Gasteiger partial charge < -0.3 is 9.80 Å². The van der Waals surface area contributed by atoms with Crippen LogP contribution in [0, 0.1) is 16.0 Å². The Morgan fingerprint density at radius 3 is 2.35 bits per heavy atom. The molecule has 1 aliphatic heterocycles. The monoisotopic (exact) mass is 455 g/mol. The minimum atomic E-state index is -4.66. The molecule has 0 atom stereocenters. The molecule has 0 aromatic heterocycles. The van der Waals surface area contributed by atoms with E-state index >= 15 is 0 Å². The van der Waals surface area contributed by atoms with Gasteiger partial charge in [-0.1, -0.05) is 23.7 Å². The summed E-state index contributed by atoms with van der Waals surface area (Å²) in [5.74, 6) is -0.279. The van der Waals surface area contributed by atoms with Crippen LogP contribution in [-0.4, -0.2) is 35.9 Å². The fraction of sp³-hybridized carbons (Fsp3) is 0.381. The molecule has 6 nitrogen and oxygen atoms in total. The molecule has 1 fully saturated rings. The Morgan fingerprint density at radius 1 is 1.19 bits per heavy atom. The Kier molecular flexibility index (Phi) is 6.74. The lowest BCUT2D eigenvalue weighted by Gasteiger charge is -2.34. The van der Waals surface area contributed by atoms with Gasteiger partial charge in [-0.15, -0.1) is 0 Å². The summed E-state index contributed by atoms with van der Waals surface area (Å²) >= 11 is 5.88. The van der Waals surface area contributed by atoms with Crippen molar-refractivity contribution in [1.29, 1.82) is 0 Å². The summed E-state index contributed by atoms with van der Waals surface area (Å²) in [7, 11) is 1.71. The SMILES string of the molecule is CN(Cc1ccc(Cl)cc1)C(=O)C1CCN(c2ccc(C(F)(F)F)cc2[N+](=O)[O-])CC1. The highest BCUT2D eigenvalue weighted by Gasteiger charge is 2.35. The lowest BCUT2D eigenvalue weighted by molar-refractivity contribution is -0.384. The largest absolute Gasteiger partial charge is 0.416 e. The number of hydrogen-bond acceptors (Lipinski definition) is 4. The number of hydrogen-bond donors (Lipinski definition) is 0. The standard InChI is InChI=1S/C21H21ClF3N3O3/c1-26(13-14-2-5-17(22)6-3-14)20(29)15-8-10-27(11-9-15)18-7-4-16(21(23,24)25)12-19(18)28(30)31/h2-7,12,15H,8-11,13H2,1H3. The average molecular weight is 456 g/mol. The molecule has 0 aliphatic carbocycles. The molecule has 1 saturated heterocycles. The molecule has 31 heavy (non-hydrogen) atoms. The van der Waals surface area contributed by atoms with E-state index in [9.17, 15) is 28.1 Å². The van der Waals surface area contributed by atoms with E-state index < -0.39 is 22.4 Å². The number of alkyl halides is 3. The third kappa shape index (κ3) is 5.46. The predicted molar refractivity (Wildman–Crippen MR) is 111 cm³/mol. The molecule has 2 aromatic rings. The molecule has 0 unspecified atom stereocenters. The molecule has 3 rings (SSSR count). The van der Waals surface area contributed by atoms with Crippen molar-refractivity contribution in [3.8, 4) is 0 Å². The number of nitro groups is 1. The van der Waals surface area contributed by atoms with Gasteiger partial charge in [-0.2, -0.15) is 13.2 Å². The zero-order valence-electron chi connectivity index (χ0n) is 16.7. The quantitative estimate of drug-likeness (QED) is 0.462. The third-order valence-corrected chi connectivity index (χ3v) is 5.65. The van der Waals surface area contributed by atoms with Crippen LogP contribution in [0.3, 0.4) is 0 Å². The second-order valence-corrected chi connectivity index (χ2v) is 7.98. The number of carbonyl (C=O) groups is 1. The van der Waals surface area contributed by atoms with Gasteiger partial charge in [0.25, 0.3) is 5.69 Å². The van der Waals surface area contributed by atoms with Gasteiger partial charge in [-0.05, 0) is 42.7 Å². The highest BCUT2D eigenvalue weighted by molar-refractivity contribution is 6.30. The van der Waals surface area contributed by atoms with Crippen LogP contribution in [0.5, 0.6) is 0 Å². The molecule has 2 aromatic carbocycles. The number of piperidine rings is 1. The minimum absolute atomic E-state index is 0.0310. The highest BCUT2D eigenvalue weighted by atomic mass is 35.5. The maximum Gasteiger partial charge on any atom is 0.416 e. The second kappa shape index (κ2) is 9.13. The normalized spacial score (nSPS) is 15.1. The van der Waals surface area contributed by atoms with Crippen LogP contribution in [0.15, 0.2) is 42.5 Å². The van der Waals surface area contributed by atoms with E-state index in [4.69, 9.17) is 11.6 Å². The summed E-state index contributed by atoms with van der Waals surface area (Å²) < 4.78 is 38.7. The van der Waals surface area contributed by atoms with Gasteiger partial charge in [0.05, 0.1) is 10.5 Å². The van der Waals surface area contributed by atoms with Crippen LogP contribution in [-0.2, 0) is 17.5 Å². The van der Waals surface area contributed by atoms with Crippen molar-refractivity contribution in [3.05, 3.63) is 68.7 Å². The van der Waals surface area contributed by atoms with Crippen LogP contribution in [0.4, 0.5) is 24.5 Å². The van der Waals surface area contributed by atoms with Gasteiger partial charge in [0.1, 0.15) is 5.69 Å². The van der Waals surface area contributed by atoms with E-state index in [0.29, 0.717) is 43.6 Å². The highest BCUT2D eigenvalue weighted by Crippen LogP contribution is 2.37. The number of nitro benzene ring substituents is 1. The van der Waals surface area contributed by atoms with E-state index in [1.807, 2.05) is 12.1 Å². The van der Waals surface area contributed by atoms with Crippen molar-refractivity contribution in [2.45, 2.75) is 25.6 Å².